The first-order valence-electron chi connectivity index (χ1n) is 4.93. The number of halogens is 2. The molecule has 1 nitrogen and oxygen atoms in total. The predicted molar refractivity (Wildman–Crippen MR) is 79.4 cm³/mol. The Kier molecular flexibility index (Phi) is 5.03. The van der Waals surface area contributed by atoms with Crippen molar-refractivity contribution in [1.82, 2.24) is 5.32 Å². The number of nitrogens with one attached hydrogen (secondary N) is 1. The molecule has 2 rings (SSSR count). The van der Waals surface area contributed by atoms with Crippen molar-refractivity contribution < 1.29 is 0 Å². The zero-order valence-corrected chi connectivity index (χ0v) is 13.3. The summed E-state index contributed by atoms with van der Waals surface area (Å²) in [5.74, 6) is 0. The van der Waals surface area contributed by atoms with Gasteiger partial charge in [0.1, 0.15) is 0 Å². The van der Waals surface area contributed by atoms with Crippen LogP contribution in [0.5, 0.6) is 0 Å². The molecule has 0 saturated carbocycles. The zero-order chi connectivity index (χ0) is 11.4. The van der Waals surface area contributed by atoms with Crippen LogP contribution in [-0.4, -0.2) is 6.54 Å². The molecular weight excluding hydrogens is 370 g/mol. The van der Waals surface area contributed by atoms with Gasteiger partial charge in [-0.3, -0.25) is 0 Å². The van der Waals surface area contributed by atoms with E-state index in [0.717, 1.165) is 19.5 Å². The Balaban J connectivity index is 1.69. The smallest absolute Gasteiger partial charge is 0.0701 e. The highest BCUT2D eigenvalue weighted by Crippen LogP contribution is 2.23. The minimum absolute atomic E-state index is 0.961. The van der Waals surface area contributed by atoms with Crippen LogP contribution in [0.15, 0.2) is 31.8 Å². The van der Waals surface area contributed by atoms with Gasteiger partial charge in [0.05, 0.1) is 7.57 Å². The molecule has 0 aliphatic carbocycles. The lowest BCUT2D eigenvalue weighted by molar-refractivity contribution is 0.697. The zero-order valence-electron chi connectivity index (χ0n) is 8.50. The van der Waals surface area contributed by atoms with Gasteiger partial charge in [-0.2, -0.15) is 0 Å². The van der Waals surface area contributed by atoms with Gasteiger partial charge in [-0.1, -0.05) is 0 Å². The molecule has 0 fully saturated rings. The van der Waals surface area contributed by atoms with Crippen molar-refractivity contribution in [1.29, 1.82) is 0 Å². The van der Waals surface area contributed by atoms with E-state index in [4.69, 9.17) is 0 Å². The lowest BCUT2D eigenvalue weighted by atomic mass is 10.3. The second-order valence-electron chi connectivity index (χ2n) is 3.34. The third kappa shape index (κ3) is 3.96. The highest BCUT2D eigenvalue weighted by atomic mass is 79.9. The van der Waals surface area contributed by atoms with Crippen molar-refractivity contribution in [2.45, 2.75) is 13.0 Å². The van der Waals surface area contributed by atoms with Crippen LogP contribution in [0.2, 0.25) is 0 Å². The molecule has 5 heteroatoms. The molecule has 0 saturated heterocycles. The largest absolute Gasteiger partial charge is 0.311 e. The maximum atomic E-state index is 3.48. The summed E-state index contributed by atoms with van der Waals surface area (Å²) >= 11 is 10.5. The minimum atomic E-state index is 0.961. The van der Waals surface area contributed by atoms with Gasteiger partial charge in [0.25, 0.3) is 0 Å². The highest BCUT2D eigenvalue weighted by molar-refractivity contribution is 9.11. The van der Waals surface area contributed by atoms with E-state index in [1.165, 1.54) is 17.3 Å². The summed E-state index contributed by atoms with van der Waals surface area (Å²) < 4.78 is 2.41. The van der Waals surface area contributed by atoms with Gasteiger partial charge >= 0.3 is 0 Å². The fourth-order valence-corrected chi connectivity index (χ4v) is 4.29. The molecule has 0 unspecified atom stereocenters. The van der Waals surface area contributed by atoms with Gasteiger partial charge in [0.2, 0.25) is 0 Å². The Bertz CT molecular complexity index is 408. The second kappa shape index (κ2) is 6.31. The number of hydrogen-bond acceptors (Lipinski definition) is 3. The first-order valence-corrected chi connectivity index (χ1v) is 8.15. The van der Waals surface area contributed by atoms with Gasteiger partial charge < -0.3 is 5.32 Å². The molecule has 0 aromatic carbocycles. The maximum Gasteiger partial charge on any atom is 0.0701 e. The lowest BCUT2D eigenvalue weighted by Crippen LogP contribution is -2.15. The Morgan fingerprint density at radius 2 is 1.56 bits per heavy atom. The Morgan fingerprint density at radius 1 is 0.938 bits per heavy atom. The molecule has 0 amide bonds. The number of thiophene rings is 2. The van der Waals surface area contributed by atoms with Gasteiger partial charge in [-0.25, -0.2) is 0 Å². The van der Waals surface area contributed by atoms with Crippen LogP contribution in [0.4, 0.5) is 0 Å². The topological polar surface area (TPSA) is 12.0 Å². The van der Waals surface area contributed by atoms with Crippen molar-refractivity contribution >= 4 is 54.5 Å². The summed E-state index contributed by atoms with van der Waals surface area (Å²) in [7, 11) is 0. The van der Waals surface area contributed by atoms with Gasteiger partial charge in [-0.05, 0) is 62.5 Å². The van der Waals surface area contributed by atoms with Crippen molar-refractivity contribution in [3.63, 3.8) is 0 Å². The molecule has 2 heterocycles. The van der Waals surface area contributed by atoms with Gasteiger partial charge in [0.15, 0.2) is 0 Å². The molecular formula is C11H11Br2NS2. The van der Waals surface area contributed by atoms with E-state index in [1.807, 2.05) is 11.3 Å². The molecule has 1 N–H and O–H groups in total. The van der Waals surface area contributed by atoms with Crippen LogP contribution >= 0.6 is 54.5 Å². The van der Waals surface area contributed by atoms with Crippen LogP contribution in [0, 0.1) is 0 Å². The molecule has 0 bridgehead atoms. The SMILES string of the molecule is Brc1ccc(CCNCc2ccc(Br)s2)s1. The quantitative estimate of drug-likeness (QED) is 0.743. The molecule has 0 aliphatic heterocycles. The molecule has 0 aliphatic rings. The average Bonchev–Trinajstić information content (AvgIpc) is 2.83. The van der Waals surface area contributed by atoms with Crippen LogP contribution < -0.4 is 5.32 Å². The summed E-state index contributed by atoms with van der Waals surface area (Å²) in [6, 6.07) is 8.54. The summed E-state index contributed by atoms with van der Waals surface area (Å²) in [5, 5.41) is 3.45. The van der Waals surface area contributed by atoms with Crippen LogP contribution in [0.3, 0.4) is 0 Å². The Morgan fingerprint density at radius 3 is 2.12 bits per heavy atom. The first-order chi connectivity index (χ1) is 7.74. The van der Waals surface area contributed by atoms with Crippen molar-refractivity contribution in [3.8, 4) is 0 Å². The van der Waals surface area contributed by atoms with Crippen LogP contribution in [0.1, 0.15) is 9.75 Å². The Labute approximate surface area is 120 Å². The normalized spacial score (nSPS) is 10.9. The van der Waals surface area contributed by atoms with E-state index in [1.54, 1.807) is 11.3 Å². The van der Waals surface area contributed by atoms with Crippen molar-refractivity contribution in [2.75, 3.05) is 6.54 Å². The fourth-order valence-electron chi connectivity index (χ4n) is 1.36. The standard InChI is InChI=1S/C11H11Br2NS2/c12-10-3-1-8(15-10)5-6-14-7-9-2-4-11(13)16-9/h1-4,14H,5-7H2. The molecule has 2 aromatic heterocycles. The molecule has 0 spiro atoms. The predicted octanol–water partition coefficient (Wildman–Crippen LogP) is 4.67. The summed E-state index contributed by atoms with van der Waals surface area (Å²) in [6.07, 6.45) is 1.10. The minimum Gasteiger partial charge on any atom is -0.311 e. The van der Waals surface area contributed by atoms with Crippen molar-refractivity contribution in [2.24, 2.45) is 0 Å². The molecule has 0 radical (unpaired) electrons. The average molecular weight is 381 g/mol. The van der Waals surface area contributed by atoms with Crippen LogP contribution in [-0.2, 0) is 13.0 Å². The summed E-state index contributed by atoms with van der Waals surface area (Å²) in [5.41, 5.74) is 0. The summed E-state index contributed by atoms with van der Waals surface area (Å²) in [4.78, 5) is 2.80. The molecule has 16 heavy (non-hydrogen) atoms. The van der Waals surface area contributed by atoms with Crippen molar-refractivity contribution in [3.05, 3.63) is 41.6 Å². The van der Waals surface area contributed by atoms with E-state index < -0.39 is 0 Å². The molecule has 2 aromatic rings. The maximum absolute atomic E-state index is 3.48. The third-order valence-corrected chi connectivity index (χ3v) is 5.41. The lowest BCUT2D eigenvalue weighted by Gasteiger charge is -2.00. The Hall–Kier alpha value is 0.320. The van der Waals surface area contributed by atoms with E-state index in [-0.39, 0.29) is 0 Å². The highest BCUT2D eigenvalue weighted by Gasteiger charge is 1.99. The molecule has 86 valence electrons. The van der Waals surface area contributed by atoms with Crippen LogP contribution in [0.25, 0.3) is 0 Å². The summed E-state index contributed by atoms with van der Waals surface area (Å²) in [6.45, 7) is 1.99. The molecule has 0 atom stereocenters. The number of rotatable bonds is 5. The van der Waals surface area contributed by atoms with E-state index in [2.05, 4.69) is 61.4 Å². The first kappa shape index (κ1) is 12.8. The number of hydrogen-bond donors (Lipinski definition) is 1. The fraction of sp³-hybridized carbons (Fsp3) is 0.273. The third-order valence-electron chi connectivity index (χ3n) is 2.11. The van der Waals surface area contributed by atoms with Gasteiger partial charge in [0, 0.05) is 22.8 Å². The van der Waals surface area contributed by atoms with Gasteiger partial charge in [-0.15, -0.1) is 22.7 Å². The monoisotopic (exact) mass is 379 g/mol. The van der Waals surface area contributed by atoms with E-state index in [0.29, 0.717) is 0 Å². The van der Waals surface area contributed by atoms with E-state index in [9.17, 15) is 0 Å². The second-order valence-corrected chi connectivity index (χ2v) is 8.43. The van der Waals surface area contributed by atoms with E-state index >= 15 is 0 Å².